The predicted octanol–water partition coefficient (Wildman–Crippen LogP) is 3.13. The van der Waals surface area contributed by atoms with Crippen LogP contribution < -0.4 is 15.5 Å². The summed E-state index contributed by atoms with van der Waals surface area (Å²) in [6, 6.07) is 6.69. The SMILES string of the molecule is CN=C(NCCCCn1ccnc1C)NC1CCN(c2cccc(C)n2)CC1.I. The second-order valence-corrected chi connectivity index (χ2v) is 7.42. The lowest BCUT2D eigenvalue weighted by atomic mass is 10.1. The predicted molar refractivity (Wildman–Crippen MR) is 130 cm³/mol. The number of aryl methyl sites for hydroxylation is 3. The van der Waals surface area contributed by atoms with Crippen LogP contribution in [0, 0.1) is 13.8 Å². The minimum absolute atomic E-state index is 0. The Labute approximate surface area is 191 Å². The summed E-state index contributed by atoms with van der Waals surface area (Å²) in [5, 5.41) is 7.03. The van der Waals surface area contributed by atoms with Crippen molar-refractivity contribution in [1.29, 1.82) is 0 Å². The molecule has 0 amide bonds. The molecule has 160 valence electrons. The Morgan fingerprint density at radius 1 is 1.21 bits per heavy atom. The summed E-state index contributed by atoms with van der Waals surface area (Å²) in [6.45, 7) is 8.09. The highest BCUT2D eigenvalue weighted by Gasteiger charge is 2.20. The molecule has 0 radical (unpaired) electrons. The zero-order valence-corrected chi connectivity index (χ0v) is 20.1. The molecule has 3 heterocycles. The Bertz CT molecular complexity index is 766. The average molecular weight is 511 g/mol. The van der Waals surface area contributed by atoms with Gasteiger partial charge < -0.3 is 20.1 Å². The van der Waals surface area contributed by atoms with Gasteiger partial charge >= 0.3 is 0 Å². The number of halogens is 1. The first-order valence-corrected chi connectivity index (χ1v) is 10.3. The molecular formula is C21H34IN7. The molecule has 3 rings (SSSR count). The molecule has 0 atom stereocenters. The van der Waals surface area contributed by atoms with Gasteiger partial charge in [0.2, 0.25) is 0 Å². The molecule has 0 spiro atoms. The summed E-state index contributed by atoms with van der Waals surface area (Å²) in [5.74, 6) is 3.08. The first-order valence-electron chi connectivity index (χ1n) is 10.3. The van der Waals surface area contributed by atoms with Gasteiger partial charge in [-0.3, -0.25) is 4.99 Å². The second-order valence-electron chi connectivity index (χ2n) is 7.42. The number of nitrogens with zero attached hydrogens (tertiary/aromatic N) is 5. The zero-order valence-electron chi connectivity index (χ0n) is 17.8. The van der Waals surface area contributed by atoms with Crippen molar-refractivity contribution in [2.75, 3.05) is 31.6 Å². The lowest BCUT2D eigenvalue weighted by Crippen LogP contribution is -2.49. The smallest absolute Gasteiger partial charge is 0.191 e. The van der Waals surface area contributed by atoms with Crippen LogP contribution in [0.25, 0.3) is 0 Å². The molecule has 2 aromatic heterocycles. The largest absolute Gasteiger partial charge is 0.356 e. The van der Waals surface area contributed by atoms with Crippen molar-refractivity contribution in [3.63, 3.8) is 0 Å². The summed E-state index contributed by atoms with van der Waals surface area (Å²) >= 11 is 0. The van der Waals surface area contributed by atoms with Crippen molar-refractivity contribution >= 4 is 35.8 Å². The minimum Gasteiger partial charge on any atom is -0.356 e. The standard InChI is InChI=1S/C21H33N7.HI/c1-17-7-6-8-20(25-17)28-14-9-19(10-15-28)26-21(22-3)24-11-4-5-13-27-16-12-23-18(27)2;/h6-8,12,16,19H,4-5,9-11,13-15H2,1-3H3,(H2,22,24,26);1H. The van der Waals surface area contributed by atoms with Crippen molar-refractivity contribution in [1.82, 2.24) is 25.2 Å². The highest BCUT2D eigenvalue weighted by molar-refractivity contribution is 14.0. The number of anilines is 1. The molecule has 8 heteroatoms. The fraction of sp³-hybridized carbons (Fsp3) is 0.571. The molecule has 2 N–H and O–H groups in total. The van der Waals surface area contributed by atoms with Crippen LogP contribution in [-0.4, -0.2) is 53.2 Å². The van der Waals surface area contributed by atoms with E-state index in [0.29, 0.717) is 6.04 Å². The van der Waals surface area contributed by atoms with Crippen LogP contribution >= 0.6 is 24.0 Å². The highest BCUT2D eigenvalue weighted by atomic mass is 127. The number of unbranched alkanes of at least 4 members (excludes halogenated alkanes) is 1. The highest BCUT2D eigenvalue weighted by Crippen LogP contribution is 2.18. The molecule has 0 unspecified atom stereocenters. The minimum atomic E-state index is 0. The lowest BCUT2D eigenvalue weighted by molar-refractivity contribution is 0.458. The Morgan fingerprint density at radius 2 is 2.00 bits per heavy atom. The van der Waals surface area contributed by atoms with Crippen molar-refractivity contribution in [3.8, 4) is 0 Å². The molecular weight excluding hydrogens is 477 g/mol. The Balaban J connectivity index is 0.00000300. The quantitative estimate of drug-likeness (QED) is 0.259. The van der Waals surface area contributed by atoms with Gasteiger partial charge in [0.25, 0.3) is 0 Å². The monoisotopic (exact) mass is 511 g/mol. The van der Waals surface area contributed by atoms with E-state index in [2.05, 4.69) is 47.2 Å². The van der Waals surface area contributed by atoms with Crippen LogP contribution in [0.3, 0.4) is 0 Å². The molecule has 29 heavy (non-hydrogen) atoms. The summed E-state index contributed by atoms with van der Waals surface area (Å²) in [7, 11) is 1.84. The van der Waals surface area contributed by atoms with Crippen molar-refractivity contribution in [2.45, 2.75) is 52.1 Å². The van der Waals surface area contributed by atoms with E-state index >= 15 is 0 Å². The molecule has 1 fully saturated rings. The van der Waals surface area contributed by atoms with E-state index in [-0.39, 0.29) is 24.0 Å². The van der Waals surface area contributed by atoms with Crippen molar-refractivity contribution < 1.29 is 0 Å². The van der Waals surface area contributed by atoms with Gasteiger partial charge in [-0.25, -0.2) is 9.97 Å². The van der Waals surface area contributed by atoms with Crippen LogP contribution in [0.2, 0.25) is 0 Å². The maximum absolute atomic E-state index is 4.64. The summed E-state index contributed by atoms with van der Waals surface area (Å²) in [4.78, 5) is 15.7. The van der Waals surface area contributed by atoms with Crippen molar-refractivity contribution in [3.05, 3.63) is 42.1 Å². The van der Waals surface area contributed by atoms with E-state index in [1.165, 1.54) is 0 Å². The number of aliphatic imine (C=N–C) groups is 1. The average Bonchev–Trinajstić information content (AvgIpc) is 3.12. The Kier molecular flexibility index (Phi) is 9.69. The molecule has 1 aliphatic heterocycles. The molecule has 0 bridgehead atoms. The molecule has 0 aliphatic carbocycles. The van der Waals surface area contributed by atoms with Crippen LogP contribution in [0.5, 0.6) is 0 Å². The molecule has 0 aromatic carbocycles. The number of hydrogen-bond donors (Lipinski definition) is 2. The third-order valence-electron chi connectivity index (χ3n) is 5.30. The first-order chi connectivity index (χ1) is 13.7. The molecule has 1 aliphatic rings. The summed E-state index contributed by atoms with van der Waals surface area (Å²) in [5.41, 5.74) is 1.07. The van der Waals surface area contributed by atoms with Gasteiger partial charge in [0, 0.05) is 57.4 Å². The first kappa shape index (κ1) is 23.4. The lowest BCUT2D eigenvalue weighted by Gasteiger charge is -2.34. The third kappa shape index (κ3) is 7.17. The summed E-state index contributed by atoms with van der Waals surface area (Å²) in [6.07, 6.45) is 8.33. The van der Waals surface area contributed by atoms with Crippen LogP contribution in [-0.2, 0) is 6.54 Å². The molecule has 1 saturated heterocycles. The van der Waals surface area contributed by atoms with Gasteiger partial charge in [0.1, 0.15) is 11.6 Å². The van der Waals surface area contributed by atoms with E-state index < -0.39 is 0 Å². The van der Waals surface area contributed by atoms with E-state index in [1.54, 1.807) is 0 Å². The molecule has 0 saturated carbocycles. The van der Waals surface area contributed by atoms with Crippen LogP contribution in [0.1, 0.15) is 37.2 Å². The maximum atomic E-state index is 4.64. The fourth-order valence-corrected chi connectivity index (χ4v) is 3.60. The normalized spacial score (nSPS) is 15.1. The van der Waals surface area contributed by atoms with Crippen molar-refractivity contribution in [2.24, 2.45) is 4.99 Å². The number of nitrogens with one attached hydrogen (secondary N) is 2. The Morgan fingerprint density at radius 3 is 2.66 bits per heavy atom. The number of aromatic nitrogens is 3. The summed E-state index contributed by atoms with van der Waals surface area (Å²) < 4.78 is 2.20. The van der Waals surface area contributed by atoms with E-state index in [1.807, 2.05) is 39.4 Å². The van der Waals surface area contributed by atoms with Gasteiger partial charge in [-0.2, -0.15) is 0 Å². The molecule has 2 aromatic rings. The van der Waals surface area contributed by atoms with E-state index in [4.69, 9.17) is 0 Å². The van der Waals surface area contributed by atoms with E-state index in [0.717, 1.165) is 75.2 Å². The van der Waals surface area contributed by atoms with Gasteiger partial charge in [-0.15, -0.1) is 24.0 Å². The number of pyridine rings is 1. The topological polar surface area (TPSA) is 70.4 Å². The molecule has 7 nitrogen and oxygen atoms in total. The zero-order chi connectivity index (χ0) is 19.8. The van der Waals surface area contributed by atoms with Crippen LogP contribution in [0.4, 0.5) is 5.82 Å². The fourth-order valence-electron chi connectivity index (χ4n) is 3.60. The van der Waals surface area contributed by atoms with E-state index in [9.17, 15) is 0 Å². The van der Waals surface area contributed by atoms with Gasteiger partial charge in [-0.1, -0.05) is 6.07 Å². The van der Waals surface area contributed by atoms with Gasteiger partial charge in [0.05, 0.1) is 0 Å². The van der Waals surface area contributed by atoms with Crippen LogP contribution in [0.15, 0.2) is 35.6 Å². The number of piperidine rings is 1. The number of guanidine groups is 1. The maximum Gasteiger partial charge on any atom is 0.191 e. The number of hydrogen-bond acceptors (Lipinski definition) is 4. The Hall–Kier alpha value is -1.84. The number of imidazole rings is 1. The van der Waals surface area contributed by atoms with Gasteiger partial charge in [-0.05, 0) is 51.7 Å². The number of rotatable bonds is 7. The van der Waals surface area contributed by atoms with Gasteiger partial charge in [0.15, 0.2) is 5.96 Å². The second kappa shape index (κ2) is 12.0. The third-order valence-corrected chi connectivity index (χ3v) is 5.30.